The second-order valence-corrected chi connectivity index (χ2v) is 5.61. The first-order valence-corrected chi connectivity index (χ1v) is 7.60. The summed E-state index contributed by atoms with van der Waals surface area (Å²) in [6, 6.07) is 6.59. The van der Waals surface area contributed by atoms with Gasteiger partial charge in [0.25, 0.3) is 5.69 Å². The number of guanidine groups is 1. The molecule has 0 unspecified atom stereocenters. The summed E-state index contributed by atoms with van der Waals surface area (Å²) < 4.78 is 0. The molecule has 0 aromatic heterocycles. The van der Waals surface area contributed by atoms with E-state index < -0.39 is 4.92 Å². The number of hydrogen-bond acceptors (Lipinski definition) is 4. The van der Waals surface area contributed by atoms with E-state index in [9.17, 15) is 10.1 Å². The van der Waals surface area contributed by atoms with Gasteiger partial charge in [-0.25, -0.2) is 0 Å². The lowest BCUT2D eigenvalue weighted by atomic mass is 10.00. The monoisotopic (exact) mass is 433 g/mol. The summed E-state index contributed by atoms with van der Waals surface area (Å²) in [5, 5.41) is 13.9. The Hall–Kier alpha value is -1.58. The smallest absolute Gasteiger partial charge is 0.292 e. The van der Waals surface area contributed by atoms with Crippen LogP contribution < -0.4 is 11.1 Å². The van der Waals surface area contributed by atoms with E-state index in [4.69, 9.17) is 5.73 Å². The quantitative estimate of drug-likeness (QED) is 0.186. The van der Waals surface area contributed by atoms with Crippen molar-refractivity contribution in [2.45, 2.75) is 19.8 Å². The highest BCUT2D eigenvalue weighted by Gasteiger charge is 2.16. The van der Waals surface area contributed by atoms with Gasteiger partial charge < -0.3 is 16.0 Å². The van der Waals surface area contributed by atoms with Gasteiger partial charge in [-0.1, -0.05) is 19.1 Å². The second kappa shape index (κ2) is 9.53. The number of benzene rings is 1. The third-order valence-electron chi connectivity index (χ3n) is 3.91. The number of nitrogens with zero attached hydrogens (tertiary/aromatic N) is 3. The second-order valence-electron chi connectivity index (χ2n) is 5.61. The van der Waals surface area contributed by atoms with Crippen molar-refractivity contribution in [3.05, 3.63) is 34.4 Å². The first-order valence-electron chi connectivity index (χ1n) is 7.60. The van der Waals surface area contributed by atoms with Crippen LogP contribution in [0.25, 0.3) is 0 Å². The first-order chi connectivity index (χ1) is 10.6. The van der Waals surface area contributed by atoms with E-state index in [1.165, 1.54) is 6.07 Å². The molecule has 1 heterocycles. The number of nitro groups is 1. The van der Waals surface area contributed by atoms with Crippen LogP contribution >= 0.6 is 24.0 Å². The van der Waals surface area contributed by atoms with Crippen LogP contribution in [0.5, 0.6) is 0 Å². The van der Waals surface area contributed by atoms with Crippen molar-refractivity contribution in [2.24, 2.45) is 16.6 Å². The number of nitrogens with two attached hydrogens (primary N) is 1. The van der Waals surface area contributed by atoms with Crippen molar-refractivity contribution >= 4 is 41.3 Å². The molecule has 0 atom stereocenters. The number of nitrogens with one attached hydrogen (secondary N) is 1. The molecule has 0 spiro atoms. The van der Waals surface area contributed by atoms with Gasteiger partial charge in [0.2, 0.25) is 0 Å². The van der Waals surface area contributed by atoms with Gasteiger partial charge >= 0.3 is 0 Å². The Morgan fingerprint density at radius 1 is 1.43 bits per heavy atom. The highest BCUT2D eigenvalue weighted by molar-refractivity contribution is 14.0. The summed E-state index contributed by atoms with van der Waals surface area (Å²) in [6.45, 7) is 5.16. The predicted octanol–water partition coefficient (Wildman–Crippen LogP) is 2.67. The molecule has 2 rings (SSSR count). The van der Waals surface area contributed by atoms with E-state index in [1.807, 2.05) is 0 Å². The summed E-state index contributed by atoms with van der Waals surface area (Å²) in [5.41, 5.74) is 6.57. The van der Waals surface area contributed by atoms with Gasteiger partial charge in [-0.3, -0.25) is 15.1 Å². The van der Waals surface area contributed by atoms with Crippen LogP contribution in [0.2, 0.25) is 0 Å². The Morgan fingerprint density at radius 2 is 2.09 bits per heavy atom. The topological polar surface area (TPSA) is 96.8 Å². The number of rotatable bonds is 5. The van der Waals surface area contributed by atoms with E-state index in [-0.39, 0.29) is 29.7 Å². The molecule has 0 bridgehead atoms. The molecule has 0 amide bonds. The molecule has 8 heteroatoms. The van der Waals surface area contributed by atoms with Crippen molar-refractivity contribution in [2.75, 3.05) is 31.5 Å². The lowest BCUT2D eigenvalue weighted by Crippen LogP contribution is -2.42. The van der Waals surface area contributed by atoms with Crippen LogP contribution in [-0.2, 0) is 0 Å². The van der Waals surface area contributed by atoms with Crippen LogP contribution in [0.15, 0.2) is 29.3 Å². The molecule has 1 fully saturated rings. The van der Waals surface area contributed by atoms with E-state index in [0.717, 1.165) is 31.8 Å². The Labute approximate surface area is 153 Å². The Balaban J connectivity index is 0.00000264. The maximum Gasteiger partial charge on any atom is 0.292 e. The summed E-state index contributed by atoms with van der Waals surface area (Å²) >= 11 is 0. The minimum absolute atomic E-state index is 0. The molecule has 1 aromatic rings. The fourth-order valence-corrected chi connectivity index (χ4v) is 2.48. The predicted molar refractivity (Wildman–Crippen MR) is 103 cm³/mol. The third-order valence-corrected chi connectivity index (χ3v) is 3.91. The number of piperidine rings is 1. The SMILES string of the molecule is CC1CCN(C(N)=NCCNc2ccccc2[N+](=O)[O-])CC1.I. The molecule has 1 saturated heterocycles. The van der Waals surface area contributed by atoms with Gasteiger partial charge in [-0.05, 0) is 24.8 Å². The number of likely N-dealkylation sites (tertiary alicyclic amines) is 1. The molecule has 1 aliphatic heterocycles. The average Bonchev–Trinajstić information content (AvgIpc) is 2.52. The lowest BCUT2D eigenvalue weighted by molar-refractivity contribution is -0.384. The van der Waals surface area contributed by atoms with E-state index in [2.05, 4.69) is 22.1 Å². The number of nitro benzene ring substituents is 1. The van der Waals surface area contributed by atoms with Gasteiger partial charge in [0.05, 0.1) is 11.5 Å². The summed E-state index contributed by atoms with van der Waals surface area (Å²) in [7, 11) is 0. The van der Waals surface area contributed by atoms with Crippen LogP contribution in [0.3, 0.4) is 0 Å². The highest BCUT2D eigenvalue weighted by atomic mass is 127. The van der Waals surface area contributed by atoms with Crippen molar-refractivity contribution < 1.29 is 4.92 Å². The van der Waals surface area contributed by atoms with Crippen LogP contribution in [0, 0.1) is 16.0 Å². The molecule has 3 N–H and O–H groups in total. The zero-order valence-electron chi connectivity index (χ0n) is 13.3. The Kier molecular flexibility index (Phi) is 8.07. The van der Waals surface area contributed by atoms with Crippen LogP contribution in [-0.4, -0.2) is 42.0 Å². The van der Waals surface area contributed by atoms with Crippen molar-refractivity contribution in [1.29, 1.82) is 0 Å². The standard InChI is InChI=1S/C15H23N5O2.HI/c1-12-6-10-19(11-7-12)15(16)18-9-8-17-13-4-2-3-5-14(13)20(21)22;/h2-5,12,17H,6-11H2,1H3,(H2,16,18);1H. The molecule has 128 valence electrons. The third kappa shape index (κ3) is 5.85. The molecule has 1 aromatic carbocycles. The molecule has 1 aliphatic rings. The average molecular weight is 433 g/mol. The largest absolute Gasteiger partial charge is 0.378 e. The number of anilines is 1. The number of aliphatic imine (C=N–C) groups is 1. The number of para-hydroxylation sites is 2. The van der Waals surface area contributed by atoms with Crippen molar-refractivity contribution in [3.8, 4) is 0 Å². The Bertz CT molecular complexity index is 544. The van der Waals surface area contributed by atoms with Crippen molar-refractivity contribution in [3.63, 3.8) is 0 Å². The zero-order valence-corrected chi connectivity index (χ0v) is 15.6. The normalized spacial score (nSPS) is 15.9. The number of hydrogen-bond donors (Lipinski definition) is 2. The first kappa shape index (κ1) is 19.5. The van der Waals surface area contributed by atoms with E-state index in [1.54, 1.807) is 18.2 Å². The molecule has 0 radical (unpaired) electrons. The molecular formula is C15H24IN5O2. The minimum atomic E-state index is -0.394. The van der Waals surface area contributed by atoms with Gasteiger partial charge in [-0.2, -0.15) is 0 Å². The van der Waals surface area contributed by atoms with Crippen LogP contribution in [0.1, 0.15) is 19.8 Å². The Morgan fingerprint density at radius 3 is 2.74 bits per heavy atom. The zero-order chi connectivity index (χ0) is 15.9. The summed E-state index contributed by atoms with van der Waals surface area (Å²) in [4.78, 5) is 17.0. The van der Waals surface area contributed by atoms with E-state index in [0.29, 0.717) is 24.7 Å². The summed E-state index contributed by atoms with van der Waals surface area (Å²) in [5.74, 6) is 1.32. The molecule has 0 saturated carbocycles. The van der Waals surface area contributed by atoms with Crippen molar-refractivity contribution in [1.82, 2.24) is 4.90 Å². The van der Waals surface area contributed by atoms with Gasteiger partial charge in [0.15, 0.2) is 5.96 Å². The maximum absolute atomic E-state index is 10.9. The van der Waals surface area contributed by atoms with E-state index >= 15 is 0 Å². The van der Waals surface area contributed by atoms with Gasteiger partial charge in [-0.15, -0.1) is 24.0 Å². The minimum Gasteiger partial charge on any atom is -0.378 e. The maximum atomic E-state index is 10.9. The highest BCUT2D eigenvalue weighted by Crippen LogP contribution is 2.22. The lowest BCUT2D eigenvalue weighted by Gasteiger charge is -2.31. The molecular weight excluding hydrogens is 409 g/mol. The van der Waals surface area contributed by atoms with Gasteiger partial charge in [0, 0.05) is 25.7 Å². The molecule has 0 aliphatic carbocycles. The fourth-order valence-electron chi connectivity index (χ4n) is 2.48. The molecule has 7 nitrogen and oxygen atoms in total. The van der Waals surface area contributed by atoms with Crippen LogP contribution in [0.4, 0.5) is 11.4 Å². The number of halogens is 1. The fraction of sp³-hybridized carbons (Fsp3) is 0.533. The molecule has 23 heavy (non-hydrogen) atoms. The summed E-state index contributed by atoms with van der Waals surface area (Å²) in [6.07, 6.45) is 2.29. The van der Waals surface area contributed by atoms with Gasteiger partial charge in [0.1, 0.15) is 5.69 Å².